The van der Waals surface area contributed by atoms with Crippen LogP contribution in [0.15, 0.2) is 42.6 Å². The normalized spacial score (nSPS) is 14.9. The maximum atomic E-state index is 13.0. The Morgan fingerprint density at radius 3 is 2.76 bits per heavy atom. The first-order chi connectivity index (χ1) is 14.2. The average Bonchev–Trinajstić information content (AvgIpc) is 3.12. The zero-order chi connectivity index (χ0) is 20.1. The molecule has 0 aliphatic heterocycles. The number of aromatic nitrogens is 3. The number of thioether (sulfide) groups is 1. The van der Waals surface area contributed by atoms with Crippen LogP contribution in [-0.4, -0.2) is 26.2 Å². The van der Waals surface area contributed by atoms with Crippen LogP contribution in [0.2, 0.25) is 0 Å². The van der Waals surface area contributed by atoms with Crippen molar-refractivity contribution < 1.29 is 9.18 Å². The molecular weight excluding hydrogens is 387 g/mol. The number of hydrogen-bond donors (Lipinski definition) is 1. The van der Waals surface area contributed by atoms with E-state index in [-0.39, 0.29) is 11.7 Å². The number of rotatable bonds is 7. The molecular formula is C22H25FN4OS. The van der Waals surface area contributed by atoms with E-state index in [9.17, 15) is 9.18 Å². The van der Waals surface area contributed by atoms with Crippen LogP contribution in [0.3, 0.4) is 0 Å². The van der Waals surface area contributed by atoms with Gasteiger partial charge in [0.15, 0.2) is 5.65 Å². The SMILES string of the molecule is O=C(CSCc1nc2cccnc2n1C1CCCCC1)NCc1ccc(F)cc1. The summed E-state index contributed by atoms with van der Waals surface area (Å²) in [6.45, 7) is 0.407. The molecule has 1 aromatic carbocycles. The summed E-state index contributed by atoms with van der Waals surface area (Å²) in [6.07, 6.45) is 7.94. The standard InChI is InChI=1S/C22H25FN4OS/c23-17-10-8-16(9-11-17)13-25-21(28)15-29-14-20-26-19-7-4-12-24-22(19)27(20)18-5-2-1-3-6-18/h4,7-12,18H,1-3,5-6,13-15H2,(H,25,28). The van der Waals surface area contributed by atoms with Gasteiger partial charge in [-0.15, -0.1) is 11.8 Å². The summed E-state index contributed by atoms with van der Waals surface area (Å²) in [5.74, 6) is 1.74. The van der Waals surface area contributed by atoms with Crippen molar-refractivity contribution in [3.8, 4) is 0 Å². The Bertz CT molecular complexity index is 967. The fourth-order valence-electron chi connectivity index (χ4n) is 3.89. The van der Waals surface area contributed by atoms with Gasteiger partial charge in [-0.05, 0) is 42.7 Å². The Balaban J connectivity index is 1.36. The third kappa shape index (κ3) is 4.96. The fourth-order valence-corrected chi connectivity index (χ4v) is 4.67. The van der Waals surface area contributed by atoms with E-state index in [1.807, 2.05) is 18.3 Å². The van der Waals surface area contributed by atoms with Gasteiger partial charge in [-0.3, -0.25) is 4.79 Å². The Morgan fingerprint density at radius 1 is 1.17 bits per heavy atom. The van der Waals surface area contributed by atoms with Gasteiger partial charge >= 0.3 is 0 Å². The van der Waals surface area contributed by atoms with Crippen LogP contribution in [0.4, 0.5) is 4.39 Å². The highest BCUT2D eigenvalue weighted by atomic mass is 32.2. The minimum absolute atomic E-state index is 0.0298. The monoisotopic (exact) mass is 412 g/mol. The first-order valence-electron chi connectivity index (χ1n) is 10.1. The van der Waals surface area contributed by atoms with E-state index < -0.39 is 0 Å². The molecule has 1 fully saturated rings. The number of fused-ring (bicyclic) bond motifs is 1. The molecule has 0 spiro atoms. The second kappa shape index (κ2) is 9.39. The molecule has 0 unspecified atom stereocenters. The number of nitrogens with one attached hydrogen (secondary N) is 1. The first-order valence-corrected chi connectivity index (χ1v) is 11.3. The first kappa shape index (κ1) is 19.9. The smallest absolute Gasteiger partial charge is 0.230 e. The third-order valence-electron chi connectivity index (χ3n) is 5.33. The zero-order valence-electron chi connectivity index (χ0n) is 16.3. The number of benzene rings is 1. The third-order valence-corrected chi connectivity index (χ3v) is 6.26. The van der Waals surface area contributed by atoms with Crippen molar-refractivity contribution >= 4 is 28.8 Å². The van der Waals surface area contributed by atoms with Gasteiger partial charge in [0, 0.05) is 18.8 Å². The number of carbonyl (C=O) groups is 1. The van der Waals surface area contributed by atoms with E-state index in [2.05, 4.69) is 14.9 Å². The van der Waals surface area contributed by atoms with Gasteiger partial charge in [-0.2, -0.15) is 0 Å². The zero-order valence-corrected chi connectivity index (χ0v) is 17.1. The molecule has 1 aliphatic rings. The summed E-state index contributed by atoms with van der Waals surface area (Å²) >= 11 is 1.56. The molecule has 1 N–H and O–H groups in total. The summed E-state index contributed by atoms with van der Waals surface area (Å²) < 4.78 is 15.3. The van der Waals surface area contributed by atoms with Gasteiger partial charge in [-0.25, -0.2) is 14.4 Å². The van der Waals surface area contributed by atoms with Crippen molar-refractivity contribution in [3.63, 3.8) is 0 Å². The van der Waals surface area contributed by atoms with Crippen molar-refractivity contribution in [2.75, 3.05) is 5.75 Å². The summed E-state index contributed by atoms with van der Waals surface area (Å²) in [4.78, 5) is 21.6. The van der Waals surface area contributed by atoms with Gasteiger partial charge < -0.3 is 9.88 Å². The topological polar surface area (TPSA) is 59.8 Å². The number of pyridine rings is 1. The van der Waals surface area contributed by atoms with E-state index in [0.29, 0.717) is 24.1 Å². The number of carbonyl (C=O) groups excluding carboxylic acids is 1. The van der Waals surface area contributed by atoms with Crippen molar-refractivity contribution in [1.82, 2.24) is 19.9 Å². The largest absolute Gasteiger partial charge is 0.351 e. The lowest BCUT2D eigenvalue weighted by Gasteiger charge is -2.25. The molecule has 1 aliphatic carbocycles. The highest BCUT2D eigenvalue weighted by molar-refractivity contribution is 7.99. The van der Waals surface area contributed by atoms with Gasteiger partial charge in [-0.1, -0.05) is 31.4 Å². The lowest BCUT2D eigenvalue weighted by Crippen LogP contribution is -2.24. The molecule has 4 rings (SSSR count). The molecule has 0 atom stereocenters. The molecule has 3 aromatic rings. The molecule has 1 saturated carbocycles. The number of amides is 1. The Labute approximate surface area is 174 Å². The molecule has 0 radical (unpaired) electrons. The average molecular weight is 413 g/mol. The molecule has 2 heterocycles. The Morgan fingerprint density at radius 2 is 1.97 bits per heavy atom. The molecule has 7 heteroatoms. The van der Waals surface area contributed by atoms with Crippen molar-refractivity contribution in [3.05, 3.63) is 59.8 Å². The summed E-state index contributed by atoms with van der Waals surface area (Å²) in [6, 6.07) is 10.5. The second-order valence-electron chi connectivity index (χ2n) is 7.43. The van der Waals surface area contributed by atoms with Crippen molar-refractivity contribution in [2.45, 2.75) is 50.4 Å². The van der Waals surface area contributed by atoms with E-state index in [1.165, 1.54) is 31.4 Å². The summed E-state index contributed by atoms with van der Waals surface area (Å²) in [5, 5.41) is 2.89. The summed E-state index contributed by atoms with van der Waals surface area (Å²) in [5.41, 5.74) is 2.76. The van der Waals surface area contributed by atoms with Crippen LogP contribution in [0.5, 0.6) is 0 Å². The van der Waals surface area contributed by atoms with Crippen LogP contribution < -0.4 is 5.32 Å². The second-order valence-corrected chi connectivity index (χ2v) is 8.42. The van der Waals surface area contributed by atoms with Crippen LogP contribution in [0.25, 0.3) is 11.2 Å². The van der Waals surface area contributed by atoms with E-state index in [1.54, 1.807) is 23.9 Å². The van der Waals surface area contributed by atoms with Gasteiger partial charge in [0.2, 0.25) is 5.91 Å². The Kier molecular flexibility index (Phi) is 6.44. The highest BCUT2D eigenvalue weighted by Crippen LogP contribution is 2.32. The predicted octanol–water partition coefficient (Wildman–Crippen LogP) is 4.63. The molecule has 29 heavy (non-hydrogen) atoms. The number of imidazole rings is 1. The molecule has 1 amide bonds. The van der Waals surface area contributed by atoms with E-state index >= 15 is 0 Å². The van der Waals surface area contributed by atoms with E-state index in [0.717, 1.165) is 35.4 Å². The quantitative estimate of drug-likeness (QED) is 0.615. The summed E-state index contributed by atoms with van der Waals surface area (Å²) in [7, 11) is 0. The van der Waals surface area contributed by atoms with Gasteiger partial charge in [0.05, 0.1) is 11.5 Å². The molecule has 0 bridgehead atoms. The molecule has 2 aromatic heterocycles. The highest BCUT2D eigenvalue weighted by Gasteiger charge is 2.22. The molecule has 0 saturated heterocycles. The number of nitrogens with zero attached hydrogens (tertiary/aromatic N) is 3. The number of hydrogen-bond acceptors (Lipinski definition) is 4. The lowest BCUT2D eigenvalue weighted by molar-refractivity contribution is -0.118. The maximum Gasteiger partial charge on any atom is 0.230 e. The van der Waals surface area contributed by atoms with Crippen molar-refractivity contribution in [1.29, 1.82) is 0 Å². The predicted molar refractivity (Wildman–Crippen MR) is 114 cm³/mol. The van der Waals surface area contributed by atoms with Crippen LogP contribution in [0.1, 0.15) is 49.5 Å². The fraction of sp³-hybridized carbons (Fsp3) is 0.409. The van der Waals surface area contributed by atoms with Crippen LogP contribution in [-0.2, 0) is 17.1 Å². The minimum atomic E-state index is -0.272. The van der Waals surface area contributed by atoms with Crippen LogP contribution in [0, 0.1) is 5.82 Å². The van der Waals surface area contributed by atoms with Crippen LogP contribution >= 0.6 is 11.8 Å². The minimum Gasteiger partial charge on any atom is -0.351 e. The maximum absolute atomic E-state index is 13.0. The molecule has 152 valence electrons. The van der Waals surface area contributed by atoms with Gasteiger partial charge in [0.25, 0.3) is 0 Å². The van der Waals surface area contributed by atoms with Crippen molar-refractivity contribution in [2.24, 2.45) is 0 Å². The van der Waals surface area contributed by atoms with E-state index in [4.69, 9.17) is 4.98 Å². The lowest BCUT2D eigenvalue weighted by atomic mass is 9.95. The number of halogens is 1. The molecule has 5 nitrogen and oxygen atoms in total. The Hall–Kier alpha value is -2.41. The van der Waals surface area contributed by atoms with Gasteiger partial charge in [0.1, 0.15) is 17.2 Å².